The quantitative estimate of drug-likeness (QED) is 0.415. The summed E-state index contributed by atoms with van der Waals surface area (Å²) in [6.07, 6.45) is 2.60. The molecule has 158 valence electrons. The van der Waals surface area contributed by atoms with Gasteiger partial charge < -0.3 is 14.1 Å². The van der Waals surface area contributed by atoms with E-state index in [1.165, 1.54) is 0 Å². The van der Waals surface area contributed by atoms with Crippen molar-refractivity contribution in [2.45, 2.75) is 71.8 Å². The molecule has 1 fully saturated rings. The molecular weight excluding hydrogens is 366 g/mol. The number of amides is 1. The maximum atomic E-state index is 12.6. The maximum absolute atomic E-state index is 12.6. The topological polar surface area (TPSA) is 38.8 Å². The Bertz CT molecular complexity index is 610. The van der Waals surface area contributed by atoms with E-state index in [0.717, 1.165) is 12.0 Å². The van der Waals surface area contributed by atoms with E-state index in [9.17, 15) is 4.79 Å². The van der Waals surface area contributed by atoms with Gasteiger partial charge in [-0.15, -0.1) is 6.58 Å². The molecule has 4 nitrogen and oxygen atoms in total. The summed E-state index contributed by atoms with van der Waals surface area (Å²) in [4.78, 5) is 14.5. The average Bonchev–Trinajstić information content (AvgIpc) is 3.09. The number of nitrogens with zero attached hydrogens (tertiary/aromatic N) is 1. The molecule has 1 aliphatic heterocycles. The molecule has 0 spiro atoms. The van der Waals surface area contributed by atoms with Gasteiger partial charge in [0.2, 0.25) is 0 Å². The lowest BCUT2D eigenvalue weighted by Gasteiger charge is -2.38. The Balaban J connectivity index is 0.00000190. The number of ether oxygens (including phenoxy) is 1. The van der Waals surface area contributed by atoms with Crippen LogP contribution in [0, 0.1) is 5.92 Å². The summed E-state index contributed by atoms with van der Waals surface area (Å²) in [5, 5.41) is 0.147. The van der Waals surface area contributed by atoms with E-state index >= 15 is 0 Å². The van der Waals surface area contributed by atoms with E-state index in [1.54, 1.807) is 0 Å². The normalized spacial score (nSPS) is 19.6. The van der Waals surface area contributed by atoms with Crippen molar-refractivity contribution in [1.82, 2.24) is 4.90 Å². The van der Waals surface area contributed by atoms with Crippen LogP contribution < -0.4 is 0 Å². The molecule has 2 atom stereocenters. The van der Waals surface area contributed by atoms with Crippen molar-refractivity contribution < 1.29 is 14.0 Å². The summed E-state index contributed by atoms with van der Waals surface area (Å²) in [6, 6.07) is 9.77. The number of rotatable bonds is 6. The summed E-state index contributed by atoms with van der Waals surface area (Å²) in [6.45, 7) is 20.6. The molecular formula is C23H39NO3Si. The van der Waals surface area contributed by atoms with Crippen LogP contribution in [-0.4, -0.2) is 38.5 Å². The van der Waals surface area contributed by atoms with Crippen LogP contribution in [0.15, 0.2) is 43.0 Å². The summed E-state index contributed by atoms with van der Waals surface area (Å²) >= 11 is 0. The van der Waals surface area contributed by atoms with Crippen LogP contribution in [0.2, 0.25) is 18.1 Å². The molecule has 0 N–H and O–H groups in total. The zero-order valence-electron chi connectivity index (χ0n) is 18.8. The van der Waals surface area contributed by atoms with Gasteiger partial charge in [0.05, 0.1) is 12.6 Å². The van der Waals surface area contributed by atoms with Gasteiger partial charge in [-0.2, -0.15) is 0 Å². The van der Waals surface area contributed by atoms with Crippen molar-refractivity contribution in [2.24, 2.45) is 5.92 Å². The first-order valence-corrected chi connectivity index (χ1v) is 13.3. The monoisotopic (exact) mass is 405 g/mol. The standard InChI is InChI=1S/C21H33NO3Si.C2H6/c1-7-18-13-14-22(19(18)16-25-26(5,6)21(2,3)4)20(23)24-15-17-11-9-8-10-12-17;1-2/h7-12,18-19H,1,13-16H2,2-6H3;1-2H3/t18-,19+;/m0./s1. The molecule has 1 heterocycles. The van der Waals surface area contributed by atoms with Crippen LogP contribution in [0.25, 0.3) is 0 Å². The summed E-state index contributed by atoms with van der Waals surface area (Å²) in [5.74, 6) is 0.254. The van der Waals surface area contributed by atoms with E-state index in [1.807, 2.05) is 55.2 Å². The molecule has 1 aromatic carbocycles. The SMILES string of the molecule is C=C[C@H]1CCN(C(=O)OCc2ccccc2)[C@@H]1CO[Si](C)(C)C(C)(C)C.CC. The smallest absolute Gasteiger partial charge is 0.410 e. The third-order valence-electron chi connectivity index (χ3n) is 5.76. The van der Waals surface area contributed by atoms with E-state index in [2.05, 4.69) is 40.4 Å². The fourth-order valence-electron chi connectivity index (χ4n) is 2.91. The van der Waals surface area contributed by atoms with E-state index in [-0.39, 0.29) is 23.1 Å². The number of carbonyl (C=O) groups excluding carboxylic acids is 1. The molecule has 1 aliphatic rings. The van der Waals surface area contributed by atoms with Crippen LogP contribution in [0.4, 0.5) is 4.79 Å². The molecule has 1 aromatic rings. The van der Waals surface area contributed by atoms with Crippen molar-refractivity contribution in [1.29, 1.82) is 0 Å². The van der Waals surface area contributed by atoms with Gasteiger partial charge in [0.15, 0.2) is 8.32 Å². The molecule has 1 amide bonds. The summed E-state index contributed by atoms with van der Waals surface area (Å²) in [5.41, 5.74) is 0.995. The largest absolute Gasteiger partial charge is 0.445 e. The first-order valence-electron chi connectivity index (χ1n) is 10.4. The number of likely N-dealkylation sites (tertiary alicyclic amines) is 1. The van der Waals surface area contributed by atoms with Crippen LogP contribution in [0.3, 0.4) is 0 Å². The molecule has 0 saturated carbocycles. The fourth-order valence-corrected chi connectivity index (χ4v) is 3.93. The van der Waals surface area contributed by atoms with Gasteiger partial charge >= 0.3 is 6.09 Å². The molecule has 0 aliphatic carbocycles. The van der Waals surface area contributed by atoms with Gasteiger partial charge in [-0.05, 0) is 30.1 Å². The average molecular weight is 406 g/mol. The lowest BCUT2D eigenvalue weighted by molar-refractivity contribution is 0.0770. The molecule has 28 heavy (non-hydrogen) atoms. The second-order valence-electron chi connectivity index (χ2n) is 8.56. The van der Waals surface area contributed by atoms with Crippen molar-refractivity contribution in [2.75, 3.05) is 13.2 Å². The minimum absolute atomic E-state index is 0.00454. The number of benzene rings is 1. The highest BCUT2D eigenvalue weighted by molar-refractivity contribution is 6.74. The first kappa shape index (κ1) is 24.4. The Labute approximate surface area is 173 Å². The van der Waals surface area contributed by atoms with Crippen LogP contribution in [-0.2, 0) is 15.8 Å². The van der Waals surface area contributed by atoms with Gasteiger partial charge in [0.25, 0.3) is 0 Å². The summed E-state index contributed by atoms with van der Waals surface area (Å²) < 4.78 is 11.9. The van der Waals surface area contributed by atoms with Crippen molar-refractivity contribution in [3.05, 3.63) is 48.6 Å². The predicted molar refractivity (Wildman–Crippen MR) is 120 cm³/mol. The highest BCUT2D eigenvalue weighted by Crippen LogP contribution is 2.37. The molecule has 2 rings (SSSR count). The maximum Gasteiger partial charge on any atom is 0.410 e. The van der Waals surface area contributed by atoms with Crippen molar-refractivity contribution in [3.63, 3.8) is 0 Å². The molecule has 0 aromatic heterocycles. The Hall–Kier alpha value is -1.59. The second kappa shape index (κ2) is 10.8. The molecule has 5 heteroatoms. The van der Waals surface area contributed by atoms with Crippen molar-refractivity contribution >= 4 is 14.4 Å². The lowest BCUT2D eigenvalue weighted by atomic mass is 10.0. The molecule has 0 radical (unpaired) electrons. The Morgan fingerprint density at radius 3 is 2.39 bits per heavy atom. The van der Waals surface area contributed by atoms with Gasteiger partial charge in [0.1, 0.15) is 6.61 Å². The number of hydrogen-bond donors (Lipinski definition) is 0. The highest BCUT2D eigenvalue weighted by atomic mass is 28.4. The Kier molecular flexibility index (Phi) is 9.44. The van der Waals surface area contributed by atoms with E-state index in [4.69, 9.17) is 9.16 Å². The minimum atomic E-state index is -1.86. The fraction of sp³-hybridized carbons (Fsp3) is 0.609. The van der Waals surface area contributed by atoms with Gasteiger partial charge in [-0.1, -0.05) is 71.0 Å². The van der Waals surface area contributed by atoms with Gasteiger partial charge in [-0.25, -0.2) is 4.79 Å². The first-order chi connectivity index (χ1) is 13.2. The second-order valence-corrected chi connectivity index (χ2v) is 13.4. The Morgan fingerprint density at radius 1 is 1.25 bits per heavy atom. The zero-order valence-corrected chi connectivity index (χ0v) is 19.8. The van der Waals surface area contributed by atoms with Crippen molar-refractivity contribution in [3.8, 4) is 0 Å². The lowest BCUT2D eigenvalue weighted by Crippen LogP contribution is -2.47. The summed E-state index contributed by atoms with van der Waals surface area (Å²) in [7, 11) is -1.86. The van der Waals surface area contributed by atoms with Crippen LogP contribution in [0.1, 0.15) is 46.6 Å². The molecule has 1 saturated heterocycles. The molecule has 0 bridgehead atoms. The Morgan fingerprint density at radius 2 is 1.86 bits per heavy atom. The number of carbonyl (C=O) groups is 1. The predicted octanol–water partition coefficient (Wildman–Crippen LogP) is 6.25. The highest BCUT2D eigenvalue weighted by Gasteiger charge is 2.41. The van der Waals surface area contributed by atoms with Crippen LogP contribution >= 0.6 is 0 Å². The van der Waals surface area contributed by atoms with E-state index in [0.29, 0.717) is 19.8 Å². The van der Waals surface area contributed by atoms with Crippen LogP contribution in [0.5, 0.6) is 0 Å². The van der Waals surface area contributed by atoms with E-state index < -0.39 is 8.32 Å². The van der Waals surface area contributed by atoms with Gasteiger partial charge in [-0.3, -0.25) is 0 Å². The third kappa shape index (κ3) is 6.49. The molecule has 0 unspecified atom stereocenters. The van der Waals surface area contributed by atoms with Gasteiger partial charge in [0, 0.05) is 12.5 Å². The minimum Gasteiger partial charge on any atom is -0.445 e. The zero-order chi connectivity index (χ0) is 21.4. The third-order valence-corrected chi connectivity index (χ3v) is 10.3. The number of hydrogen-bond acceptors (Lipinski definition) is 3.